The Bertz CT molecular complexity index is 562. The van der Waals surface area contributed by atoms with E-state index in [1.165, 1.54) is 11.1 Å². The molecule has 0 bridgehead atoms. The molecule has 0 atom stereocenters. The van der Waals surface area contributed by atoms with Gasteiger partial charge in [-0.05, 0) is 56.6 Å². The van der Waals surface area contributed by atoms with E-state index in [0.29, 0.717) is 0 Å². The summed E-state index contributed by atoms with van der Waals surface area (Å²) >= 11 is 0. The summed E-state index contributed by atoms with van der Waals surface area (Å²) in [6, 6.07) is 8.99. The molecule has 1 aliphatic heterocycles. The van der Waals surface area contributed by atoms with Crippen LogP contribution in [0.2, 0.25) is 0 Å². The van der Waals surface area contributed by atoms with Gasteiger partial charge in [-0.2, -0.15) is 0 Å². The minimum atomic E-state index is -0.182. The van der Waals surface area contributed by atoms with Crippen molar-refractivity contribution in [2.45, 2.75) is 70.2 Å². The summed E-state index contributed by atoms with van der Waals surface area (Å²) in [5, 5.41) is 15.7. The lowest BCUT2D eigenvalue weighted by molar-refractivity contribution is 0.117. The molecule has 1 heterocycles. The normalized spacial score (nSPS) is 25.5. The predicted molar refractivity (Wildman–Crippen MR) is 99.4 cm³/mol. The molecule has 138 valence electrons. The number of rotatable bonds is 4. The molecule has 25 heavy (non-hydrogen) atoms. The molecule has 0 radical (unpaired) electrons. The molecule has 1 aromatic carbocycles. The third-order valence-corrected chi connectivity index (χ3v) is 5.61. The van der Waals surface area contributed by atoms with Crippen LogP contribution >= 0.6 is 0 Å². The van der Waals surface area contributed by atoms with Crippen molar-refractivity contribution in [2.75, 3.05) is 13.1 Å². The molecule has 3 N–H and O–H groups in total. The fraction of sp³-hybridized carbons (Fsp3) is 0.650. The summed E-state index contributed by atoms with van der Waals surface area (Å²) in [6.45, 7) is 5.21. The average molecular weight is 345 g/mol. The van der Waals surface area contributed by atoms with E-state index < -0.39 is 0 Å². The molecule has 3 rings (SSSR count). The van der Waals surface area contributed by atoms with Gasteiger partial charge in [0.25, 0.3) is 0 Å². The Balaban J connectivity index is 1.37. The minimum Gasteiger partial charge on any atom is -0.393 e. The monoisotopic (exact) mass is 345 g/mol. The van der Waals surface area contributed by atoms with Crippen LogP contribution in [0.5, 0.6) is 0 Å². The van der Waals surface area contributed by atoms with Crippen LogP contribution in [0.1, 0.15) is 49.7 Å². The molecule has 0 unspecified atom stereocenters. The molecule has 2 fully saturated rings. The lowest BCUT2D eigenvalue weighted by Crippen LogP contribution is -2.50. The highest BCUT2D eigenvalue weighted by Crippen LogP contribution is 2.19. The van der Waals surface area contributed by atoms with Crippen molar-refractivity contribution in [3.63, 3.8) is 0 Å². The Morgan fingerprint density at radius 3 is 2.28 bits per heavy atom. The number of urea groups is 1. The van der Waals surface area contributed by atoms with E-state index in [1.807, 2.05) is 0 Å². The maximum atomic E-state index is 12.2. The van der Waals surface area contributed by atoms with Crippen molar-refractivity contribution < 1.29 is 9.90 Å². The summed E-state index contributed by atoms with van der Waals surface area (Å²) in [7, 11) is 0. The maximum Gasteiger partial charge on any atom is 0.315 e. The van der Waals surface area contributed by atoms with Crippen LogP contribution in [-0.4, -0.2) is 47.3 Å². The predicted octanol–water partition coefficient (Wildman–Crippen LogP) is 2.56. The van der Waals surface area contributed by atoms with Gasteiger partial charge in [0.15, 0.2) is 0 Å². The summed E-state index contributed by atoms with van der Waals surface area (Å²) in [6.07, 6.45) is 5.17. The first-order valence-corrected chi connectivity index (χ1v) is 9.62. The number of hydrogen-bond donors (Lipinski definition) is 3. The zero-order valence-electron chi connectivity index (χ0n) is 15.2. The molecule has 1 saturated carbocycles. The van der Waals surface area contributed by atoms with E-state index in [0.717, 1.165) is 58.2 Å². The Morgan fingerprint density at radius 1 is 1.04 bits per heavy atom. The van der Waals surface area contributed by atoms with Gasteiger partial charge in [0, 0.05) is 31.7 Å². The SMILES string of the molecule is Cc1ccccc1CN1CCC(NC(=O)NC2CCC(O)CC2)CC1. The molecular formula is C20H31N3O2. The number of carbonyl (C=O) groups excluding carboxylic acids is 1. The second-order valence-electron chi connectivity index (χ2n) is 7.60. The lowest BCUT2D eigenvalue weighted by atomic mass is 9.93. The number of amides is 2. The molecule has 5 nitrogen and oxygen atoms in total. The maximum absolute atomic E-state index is 12.2. The van der Waals surface area contributed by atoms with Gasteiger partial charge >= 0.3 is 6.03 Å². The first-order valence-electron chi connectivity index (χ1n) is 9.62. The quantitative estimate of drug-likeness (QED) is 0.786. The number of hydrogen-bond acceptors (Lipinski definition) is 3. The van der Waals surface area contributed by atoms with Gasteiger partial charge in [-0.25, -0.2) is 4.79 Å². The van der Waals surface area contributed by atoms with Crippen LogP contribution < -0.4 is 10.6 Å². The van der Waals surface area contributed by atoms with Crippen molar-refractivity contribution >= 4 is 6.03 Å². The first-order chi connectivity index (χ1) is 12.1. The summed E-state index contributed by atoms with van der Waals surface area (Å²) < 4.78 is 0. The molecule has 5 heteroatoms. The van der Waals surface area contributed by atoms with Crippen LogP contribution in [0.4, 0.5) is 4.79 Å². The summed E-state index contributed by atoms with van der Waals surface area (Å²) in [4.78, 5) is 14.7. The van der Waals surface area contributed by atoms with Gasteiger partial charge in [-0.15, -0.1) is 0 Å². The fourth-order valence-electron chi connectivity index (χ4n) is 3.90. The van der Waals surface area contributed by atoms with Crippen LogP contribution in [0.3, 0.4) is 0 Å². The van der Waals surface area contributed by atoms with E-state index in [9.17, 15) is 9.90 Å². The van der Waals surface area contributed by atoms with Crippen LogP contribution in [0.25, 0.3) is 0 Å². The average Bonchev–Trinajstić information content (AvgIpc) is 2.61. The van der Waals surface area contributed by atoms with E-state index in [4.69, 9.17) is 0 Å². The smallest absolute Gasteiger partial charge is 0.315 e. The Kier molecular flexibility index (Phi) is 6.32. The van der Waals surface area contributed by atoms with E-state index in [-0.39, 0.29) is 24.2 Å². The van der Waals surface area contributed by atoms with Gasteiger partial charge in [0.1, 0.15) is 0 Å². The van der Waals surface area contributed by atoms with E-state index in [1.54, 1.807) is 0 Å². The Labute approximate surface area is 150 Å². The van der Waals surface area contributed by atoms with Crippen molar-refractivity contribution in [3.8, 4) is 0 Å². The summed E-state index contributed by atoms with van der Waals surface area (Å²) in [5.41, 5.74) is 2.74. The summed E-state index contributed by atoms with van der Waals surface area (Å²) in [5.74, 6) is 0. The first kappa shape index (κ1) is 18.2. The highest BCUT2D eigenvalue weighted by molar-refractivity contribution is 5.74. The van der Waals surface area contributed by atoms with Crippen molar-refractivity contribution in [1.29, 1.82) is 0 Å². The third-order valence-electron chi connectivity index (χ3n) is 5.61. The van der Waals surface area contributed by atoms with Gasteiger partial charge in [-0.1, -0.05) is 24.3 Å². The van der Waals surface area contributed by atoms with Gasteiger partial charge < -0.3 is 15.7 Å². The van der Waals surface area contributed by atoms with Crippen molar-refractivity contribution in [1.82, 2.24) is 15.5 Å². The molecule has 2 aliphatic rings. The number of nitrogens with one attached hydrogen (secondary N) is 2. The number of aliphatic hydroxyl groups excluding tert-OH is 1. The molecule has 1 saturated heterocycles. The Hall–Kier alpha value is -1.59. The molecule has 0 spiro atoms. The topological polar surface area (TPSA) is 64.6 Å². The standard InChI is InChI=1S/C20H31N3O2/c1-15-4-2-3-5-16(15)14-23-12-10-18(11-13-23)22-20(25)21-17-6-8-19(24)9-7-17/h2-5,17-19,24H,6-14H2,1H3,(H2,21,22,25). The minimum absolute atomic E-state index is 0.0428. The zero-order chi connectivity index (χ0) is 17.6. The Morgan fingerprint density at radius 2 is 1.64 bits per heavy atom. The number of aryl methyl sites for hydroxylation is 1. The lowest BCUT2D eigenvalue weighted by Gasteiger charge is -2.33. The third kappa shape index (κ3) is 5.44. The molecule has 1 aliphatic carbocycles. The highest BCUT2D eigenvalue weighted by Gasteiger charge is 2.24. The van der Waals surface area contributed by atoms with Crippen LogP contribution in [0.15, 0.2) is 24.3 Å². The van der Waals surface area contributed by atoms with Crippen LogP contribution in [0, 0.1) is 6.92 Å². The van der Waals surface area contributed by atoms with Gasteiger partial charge in [0.2, 0.25) is 0 Å². The fourth-order valence-corrected chi connectivity index (χ4v) is 3.90. The van der Waals surface area contributed by atoms with Crippen molar-refractivity contribution in [3.05, 3.63) is 35.4 Å². The van der Waals surface area contributed by atoms with Crippen molar-refractivity contribution in [2.24, 2.45) is 0 Å². The van der Waals surface area contributed by atoms with E-state index >= 15 is 0 Å². The number of benzene rings is 1. The highest BCUT2D eigenvalue weighted by atomic mass is 16.3. The number of carbonyl (C=O) groups is 1. The van der Waals surface area contributed by atoms with Gasteiger partial charge in [0.05, 0.1) is 6.10 Å². The van der Waals surface area contributed by atoms with Gasteiger partial charge in [-0.3, -0.25) is 4.90 Å². The number of piperidine rings is 1. The molecule has 1 aromatic rings. The second-order valence-corrected chi connectivity index (χ2v) is 7.60. The molecular weight excluding hydrogens is 314 g/mol. The largest absolute Gasteiger partial charge is 0.393 e. The van der Waals surface area contributed by atoms with Crippen LogP contribution in [-0.2, 0) is 6.54 Å². The number of nitrogens with zero attached hydrogens (tertiary/aromatic N) is 1. The number of aliphatic hydroxyl groups is 1. The molecule has 2 amide bonds. The molecule has 0 aromatic heterocycles. The zero-order valence-corrected chi connectivity index (χ0v) is 15.2. The second kappa shape index (κ2) is 8.68. The number of likely N-dealkylation sites (tertiary alicyclic amines) is 1. The van der Waals surface area contributed by atoms with E-state index in [2.05, 4.69) is 46.7 Å².